The molecule has 448 valence electrons. The zero-order valence-corrected chi connectivity index (χ0v) is 43.9. The molecule has 0 spiro atoms. The highest BCUT2D eigenvalue weighted by molar-refractivity contribution is 5.94. The van der Waals surface area contributed by atoms with Gasteiger partial charge in [0.15, 0.2) is 23.1 Å². The fraction of sp³-hybridized carbons (Fsp3) is 0.623. The summed E-state index contributed by atoms with van der Waals surface area (Å²) in [6, 6.07) is 13.3. The quantitative estimate of drug-likeness (QED) is 0.0377. The average molecular weight is 1150 g/mol. The lowest BCUT2D eigenvalue weighted by molar-refractivity contribution is -0.229. The third kappa shape index (κ3) is 16.7. The summed E-state index contributed by atoms with van der Waals surface area (Å²) in [5, 5.41) is 130. The second-order valence-electron chi connectivity index (χ2n) is 20.6. The Labute approximate surface area is 463 Å². The lowest BCUT2D eigenvalue weighted by Gasteiger charge is -2.39. The maximum absolute atomic E-state index is 14.4. The molecule has 4 aliphatic rings. The number of nitrogens with one attached hydrogen (secondary N) is 4. The van der Waals surface area contributed by atoms with E-state index in [0.717, 1.165) is 22.3 Å². The van der Waals surface area contributed by atoms with Gasteiger partial charge in [-0.3, -0.25) is 33.6 Å². The number of Topliss-reactive ketones (excluding diaryl/α,β-unsaturated/α-hetero) is 4. The van der Waals surface area contributed by atoms with Gasteiger partial charge < -0.3 is 101 Å². The van der Waals surface area contributed by atoms with Gasteiger partial charge in [0.2, 0.25) is 17.7 Å². The second kappa shape index (κ2) is 30.0. The Morgan fingerprint density at radius 2 is 0.852 bits per heavy atom. The summed E-state index contributed by atoms with van der Waals surface area (Å²) >= 11 is 0. The molecule has 1 aliphatic carbocycles. The van der Waals surface area contributed by atoms with E-state index in [0.29, 0.717) is 0 Å². The molecule has 6 rings (SSSR count). The third-order valence-electron chi connectivity index (χ3n) is 14.9. The van der Waals surface area contributed by atoms with Crippen LogP contribution in [0.2, 0.25) is 0 Å². The molecule has 0 bridgehead atoms. The van der Waals surface area contributed by atoms with Crippen molar-refractivity contribution in [2.75, 3.05) is 46.1 Å². The van der Waals surface area contributed by atoms with Crippen molar-refractivity contribution in [1.82, 2.24) is 21.3 Å². The first-order valence-electron chi connectivity index (χ1n) is 26.5. The molecule has 0 saturated carbocycles. The minimum absolute atomic E-state index is 0.208. The minimum Gasteiger partial charge on any atom is -0.449 e. The average Bonchev–Trinajstić information content (AvgIpc) is 3.90. The van der Waals surface area contributed by atoms with Gasteiger partial charge in [-0.15, -0.1) is 0 Å². The molecule has 3 saturated heterocycles. The lowest BCUT2D eigenvalue weighted by atomic mass is 9.91. The van der Waals surface area contributed by atoms with Crippen LogP contribution in [-0.4, -0.2) is 252 Å². The van der Waals surface area contributed by atoms with Crippen LogP contribution in [0.3, 0.4) is 0 Å². The molecule has 3 fully saturated rings. The molecule has 3 heterocycles. The van der Waals surface area contributed by atoms with Gasteiger partial charge in [-0.2, -0.15) is 0 Å². The predicted molar refractivity (Wildman–Crippen MR) is 273 cm³/mol. The fourth-order valence-electron chi connectivity index (χ4n) is 10.2. The van der Waals surface area contributed by atoms with E-state index in [2.05, 4.69) is 21.3 Å². The van der Waals surface area contributed by atoms with Gasteiger partial charge in [-0.25, -0.2) is 4.79 Å². The van der Waals surface area contributed by atoms with Crippen molar-refractivity contribution in [2.45, 2.75) is 155 Å². The van der Waals surface area contributed by atoms with Crippen LogP contribution in [0, 0.1) is 5.92 Å². The maximum Gasteiger partial charge on any atom is 0.407 e. The van der Waals surface area contributed by atoms with Crippen molar-refractivity contribution in [1.29, 1.82) is 0 Å². The number of aliphatic hydroxyl groups excluding tert-OH is 12. The third-order valence-corrected chi connectivity index (χ3v) is 14.9. The molecule has 28 nitrogen and oxygen atoms in total. The number of fused-ring (bicyclic) bond motifs is 3. The number of ether oxygens (including phenoxy) is 4. The summed E-state index contributed by atoms with van der Waals surface area (Å²) in [6.07, 6.45) is -29.4. The molecule has 0 aromatic heterocycles. The van der Waals surface area contributed by atoms with Crippen LogP contribution in [0.5, 0.6) is 0 Å². The van der Waals surface area contributed by atoms with Gasteiger partial charge >= 0.3 is 6.09 Å². The molecule has 0 radical (unpaired) electrons. The number of carbonyl (C=O) groups excluding carboxylic acids is 8. The Hall–Kier alpha value is -5.80. The Bertz CT molecular complexity index is 2470. The molecule has 3 aliphatic heterocycles. The first kappa shape index (κ1) is 64.4. The SMILES string of the molecule is O=C(CNC(=O)CCC(CC(=O)C(CCC(=O)NCC(=O)C[C@@H]1OC(CO)[C@H](O)[C@H](O)C1O)NC(=O)OCC1c2ccccc2-c2ccccc21)C(=O)NCC(=O)C[C@@H]1OC(CO)[C@H](O)[C@H](O)C1O)C[C@@H]1OC(CO)[C@H](O)[C@H](O)C1O. The fourth-order valence-corrected chi connectivity index (χ4v) is 10.2. The maximum atomic E-state index is 14.4. The lowest BCUT2D eigenvalue weighted by Crippen LogP contribution is -2.59. The number of carbonyl (C=O) groups is 8. The highest BCUT2D eigenvalue weighted by Crippen LogP contribution is 2.44. The van der Waals surface area contributed by atoms with Crippen LogP contribution in [-0.2, 0) is 52.5 Å². The summed E-state index contributed by atoms with van der Waals surface area (Å²) in [6.45, 7) is -4.56. The van der Waals surface area contributed by atoms with E-state index in [1.165, 1.54) is 0 Å². The van der Waals surface area contributed by atoms with Crippen molar-refractivity contribution in [3.63, 3.8) is 0 Å². The molecule has 2 aromatic rings. The Balaban J connectivity index is 1.14. The van der Waals surface area contributed by atoms with Gasteiger partial charge in [0.25, 0.3) is 0 Å². The predicted octanol–water partition coefficient (Wildman–Crippen LogP) is -6.22. The van der Waals surface area contributed by atoms with Gasteiger partial charge in [-0.1, -0.05) is 48.5 Å². The highest BCUT2D eigenvalue weighted by Gasteiger charge is 2.46. The molecule has 4 amide bonds. The van der Waals surface area contributed by atoms with E-state index < -0.39 is 247 Å². The van der Waals surface area contributed by atoms with E-state index in [9.17, 15) is 99.6 Å². The van der Waals surface area contributed by atoms with Gasteiger partial charge in [0.05, 0.1) is 63.8 Å². The number of alkyl carbamates (subject to hydrolysis) is 1. The van der Waals surface area contributed by atoms with Gasteiger partial charge in [0.1, 0.15) is 79.9 Å². The smallest absolute Gasteiger partial charge is 0.407 e. The largest absolute Gasteiger partial charge is 0.449 e. The Kier molecular flexibility index (Phi) is 23.8. The summed E-state index contributed by atoms with van der Waals surface area (Å²) < 4.78 is 21.8. The van der Waals surface area contributed by atoms with Crippen molar-refractivity contribution in [2.24, 2.45) is 5.92 Å². The zero-order chi connectivity index (χ0) is 59.2. The van der Waals surface area contributed by atoms with Crippen LogP contribution < -0.4 is 21.3 Å². The number of benzene rings is 2. The van der Waals surface area contributed by atoms with Crippen LogP contribution in [0.15, 0.2) is 48.5 Å². The second-order valence-corrected chi connectivity index (χ2v) is 20.6. The first-order chi connectivity index (χ1) is 38.6. The van der Waals surface area contributed by atoms with Crippen LogP contribution in [0.4, 0.5) is 4.79 Å². The molecule has 28 heteroatoms. The molecule has 81 heavy (non-hydrogen) atoms. The van der Waals surface area contributed by atoms with E-state index in [-0.39, 0.29) is 6.61 Å². The van der Waals surface area contributed by atoms with E-state index >= 15 is 0 Å². The van der Waals surface area contributed by atoms with Crippen molar-refractivity contribution in [3.05, 3.63) is 59.7 Å². The van der Waals surface area contributed by atoms with Crippen LogP contribution in [0.25, 0.3) is 11.1 Å². The summed E-state index contributed by atoms with van der Waals surface area (Å²) in [7, 11) is 0. The molecular weight excluding hydrogens is 1080 g/mol. The van der Waals surface area contributed by atoms with Crippen molar-refractivity contribution >= 4 is 46.9 Å². The van der Waals surface area contributed by atoms with Crippen molar-refractivity contribution in [3.8, 4) is 11.1 Å². The van der Waals surface area contributed by atoms with E-state index in [1.807, 2.05) is 48.5 Å². The Morgan fingerprint density at radius 3 is 1.26 bits per heavy atom. The van der Waals surface area contributed by atoms with Gasteiger partial charge in [0, 0.05) is 50.4 Å². The monoisotopic (exact) mass is 1150 g/mol. The number of rotatable bonds is 28. The number of hydrogen-bond donors (Lipinski definition) is 16. The minimum atomic E-state index is -1.80. The van der Waals surface area contributed by atoms with Crippen molar-refractivity contribution < 1.29 is 119 Å². The molecule has 8 unspecified atom stereocenters. The summed E-state index contributed by atoms with van der Waals surface area (Å²) in [4.78, 5) is 107. The van der Waals surface area contributed by atoms with Crippen LogP contribution in [0.1, 0.15) is 68.4 Å². The number of hydrogen-bond acceptors (Lipinski definition) is 24. The topological polar surface area (TPSA) is 464 Å². The van der Waals surface area contributed by atoms with Crippen LogP contribution >= 0.6 is 0 Å². The standard InChI is InChI=1S/C53H72N4O24/c58-20-38-46(70)49(73)43(67)35(79-38)14-25(61)17-54-41(65)11-9-24(52(76)56-19-27(63)16-37-45(69)51(75)48(72)40(22-60)81-37)13-34(64)33(10-12-42(66)55-18-26(62)15-36-44(68)50(74)47(71)39(21-59)80-36)57-53(77)78-23-32-30-7-3-1-5-28(30)29-6-2-4-8-31(29)32/h1-8,24,32-33,35-40,43-51,58-60,67-75H,9-23H2,(H,54,65)(H,55,66)(H,56,76)(H,57,77)/t24?,33?,35-,36-,37-,38?,39?,40?,43?,44?,45?,46-,47-,48-,49+,50+,51+/m0/s1. The number of ketones is 4. The highest BCUT2D eigenvalue weighted by atomic mass is 16.6. The first-order valence-corrected chi connectivity index (χ1v) is 26.5. The van der Waals surface area contributed by atoms with E-state index in [4.69, 9.17) is 18.9 Å². The normalized spacial score (nSPS) is 29.7. The summed E-state index contributed by atoms with van der Waals surface area (Å²) in [5.74, 6) is -7.69. The molecule has 17 atom stereocenters. The Morgan fingerprint density at radius 1 is 0.481 bits per heavy atom. The molecule has 16 N–H and O–H groups in total. The summed E-state index contributed by atoms with van der Waals surface area (Å²) in [5.41, 5.74) is 3.56. The zero-order valence-electron chi connectivity index (χ0n) is 43.9. The molecular formula is C53H72N4O24. The number of amides is 4. The van der Waals surface area contributed by atoms with E-state index in [1.54, 1.807) is 0 Å². The molecule has 2 aromatic carbocycles. The van der Waals surface area contributed by atoms with Gasteiger partial charge in [-0.05, 0) is 35.1 Å². The number of aliphatic hydroxyl groups is 12.